The average molecular weight is 527 g/mol. The third-order valence-electron chi connectivity index (χ3n) is 6.06. The normalized spacial score (nSPS) is 17.5. The average Bonchev–Trinajstić information content (AvgIpc) is 3.48. The molecule has 1 fully saturated rings. The predicted octanol–water partition coefficient (Wildman–Crippen LogP) is 4.13. The molecule has 38 heavy (non-hydrogen) atoms. The fourth-order valence-electron chi connectivity index (χ4n) is 4.26. The van der Waals surface area contributed by atoms with Crippen LogP contribution in [0.2, 0.25) is 0 Å². The Morgan fingerprint density at radius 3 is 2.61 bits per heavy atom. The zero-order valence-corrected chi connectivity index (χ0v) is 22.6. The first-order valence-corrected chi connectivity index (χ1v) is 12.3. The maximum absolute atomic E-state index is 13.1. The number of nitrogens with one attached hydrogen (secondary N) is 1. The van der Waals surface area contributed by atoms with Crippen molar-refractivity contribution in [1.82, 2.24) is 14.5 Å². The Morgan fingerprint density at radius 1 is 1.18 bits per heavy atom. The third kappa shape index (κ3) is 5.95. The second-order valence-corrected chi connectivity index (χ2v) is 10.1. The van der Waals surface area contributed by atoms with Crippen molar-refractivity contribution >= 4 is 28.7 Å². The number of rotatable bonds is 8. The minimum atomic E-state index is -0.734. The predicted molar refractivity (Wildman–Crippen MR) is 140 cm³/mol. The van der Waals surface area contributed by atoms with Gasteiger partial charge in [-0.05, 0) is 26.8 Å². The smallest absolute Gasteiger partial charge is 0.419 e. The van der Waals surface area contributed by atoms with Crippen LogP contribution in [0, 0.1) is 0 Å². The highest BCUT2D eigenvalue weighted by atomic mass is 16.6. The van der Waals surface area contributed by atoms with Gasteiger partial charge in [-0.3, -0.25) is 9.36 Å². The number of methoxy groups -OCH3 is 2. The van der Waals surface area contributed by atoms with E-state index >= 15 is 0 Å². The largest absolute Gasteiger partial charge is 0.491 e. The lowest BCUT2D eigenvalue weighted by Crippen LogP contribution is -2.30. The van der Waals surface area contributed by atoms with Crippen molar-refractivity contribution in [1.29, 1.82) is 0 Å². The molecule has 0 unspecified atom stereocenters. The number of anilines is 1. The molecule has 1 amide bonds. The number of hydrogen-bond acceptors (Lipinski definition) is 9. The molecule has 3 aromatic heterocycles. The van der Waals surface area contributed by atoms with Crippen LogP contribution in [0.25, 0.3) is 22.2 Å². The molecule has 4 rings (SSSR count). The van der Waals surface area contributed by atoms with Crippen molar-refractivity contribution in [2.24, 2.45) is 0 Å². The molecular weight excluding hydrogens is 492 g/mol. The van der Waals surface area contributed by atoms with E-state index in [2.05, 4.69) is 10.3 Å². The van der Waals surface area contributed by atoms with Crippen LogP contribution in [0.5, 0.6) is 5.75 Å². The van der Waals surface area contributed by atoms with E-state index in [-0.39, 0.29) is 5.91 Å². The molecule has 3 aromatic rings. The zero-order valence-electron chi connectivity index (χ0n) is 22.6. The van der Waals surface area contributed by atoms with Gasteiger partial charge in [0.2, 0.25) is 5.91 Å². The maximum Gasteiger partial charge on any atom is 0.419 e. The SMILES string of the molecule is COCCOc1cc(-c2cn(C(=O)OC(C)(C)C)c3cnc(NC(C)=O)cc23)nc([C@]2(OC)CCOC2)c1. The molecule has 1 aliphatic rings. The summed E-state index contributed by atoms with van der Waals surface area (Å²) in [6.07, 6.45) is 3.25. The highest BCUT2D eigenvalue weighted by molar-refractivity contribution is 6.02. The van der Waals surface area contributed by atoms with E-state index in [9.17, 15) is 9.59 Å². The van der Waals surface area contributed by atoms with E-state index in [0.717, 1.165) is 0 Å². The summed E-state index contributed by atoms with van der Waals surface area (Å²) < 4.78 is 29.7. The van der Waals surface area contributed by atoms with Gasteiger partial charge in [-0.15, -0.1) is 0 Å². The summed E-state index contributed by atoms with van der Waals surface area (Å²) in [5.41, 5.74) is 0.890. The number of fused-ring (bicyclic) bond motifs is 1. The van der Waals surface area contributed by atoms with Gasteiger partial charge in [0.15, 0.2) is 0 Å². The van der Waals surface area contributed by atoms with Crippen molar-refractivity contribution in [3.8, 4) is 17.0 Å². The number of carbonyl (C=O) groups excluding carboxylic acids is 2. The summed E-state index contributed by atoms with van der Waals surface area (Å²) in [4.78, 5) is 34.1. The van der Waals surface area contributed by atoms with Crippen molar-refractivity contribution in [2.45, 2.75) is 45.3 Å². The van der Waals surface area contributed by atoms with Crippen LogP contribution >= 0.6 is 0 Å². The van der Waals surface area contributed by atoms with Crippen LogP contribution in [0.4, 0.5) is 10.6 Å². The molecule has 11 nitrogen and oxygen atoms in total. The molecule has 1 aliphatic heterocycles. The van der Waals surface area contributed by atoms with Crippen LogP contribution in [-0.2, 0) is 29.3 Å². The monoisotopic (exact) mass is 526 g/mol. The highest BCUT2D eigenvalue weighted by Crippen LogP contribution is 2.38. The molecule has 0 aromatic carbocycles. The summed E-state index contributed by atoms with van der Waals surface area (Å²) in [6.45, 7) is 8.45. The molecular formula is C27H34N4O7. The van der Waals surface area contributed by atoms with E-state index in [0.29, 0.717) is 72.3 Å². The van der Waals surface area contributed by atoms with Gasteiger partial charge in [0.25, 0.3) is 0 Å². The van der Waals surface area contributed by atoms with Crippen LogP contribution in [0.3, 0.4) is 0 Å². The Morgan fingerprint density at radius 2 is 1.97 bits per heavy atom. The van der Waals surface area contributed by atoms with Gasteiger partial charge in [-0.2, -0.15) is 0 Å². The molecule has 0 bridgehead atoms. The standard InChI is InChI=1S/C27H34N4O7/c1-17(32)29-24-13-19-20(15-31(22(19)14-28-24)25(33)38-26(2,3)4)21-11-18(37-10-9-34-5)12-23(30-21)27(35-6)7-8-36-16-27/h11-15H,7-10,16H2,1-6H3,(H,28,29,32)/t27-/m0/s1. The summed E-state index contributed by atoms with van der Waals surface area (Å²) in [7, 11) is 3.24. The van der Waals surface area contributed by atoms with Crippen LogP contribution in [0.15, 0.2) is 30.6 Å². The first-order chi connectivity index (χ1) is 18.0. The first kappa shape index (κ1) is 27.5. The lowest BCUT2D eigenvalue weighted by Gasteiger charge is -2.26. The summed E-state index contributed by atoms with van der Waals surface area (Å²) >= 11 is 0. The van der Waals surface area contributed by atoms with Crippen molar-refractivity contribution < 1.29 is 33.3 Å². The van der Waals surface area contributed by atoms with Gasteiger partial charge in [0.1, 0.15) is 29.4 Å². The van der Waals surface area contributed by atoms with E-state index in [4.69, 9.17) is 28.7 Å². The van der Waals surface area contributed by atoms with Gasteiger partial charge in [-0.25, -0.2) is 14.8 Å². The molecule has 11 heteroatoms. The van der Waals surface area contributed by atoms with Crippen LogP contribution < -0.4 is 10.1 Å². The molecule has 0 saturated carbocycles. The van der Waals surface area contributed by atoms with Gasteiger partial charge in [-0.1, -0.05) is 0 Å². The summed E-state index contributed by atoms with van der Waals surface area (Å²) in [5, 5.41) is 3.35. The molecule has 0 radical (unpaired) electrons. The number of nitrogens with zero attached hydrogens (tertiary/aromatic N) is 3. The molecule has 4 heterocycles. The number of ether oxygens (including phenoxy) is 5. The zero-order chi connectivity index (χ0) is 27.5. The Bertz CT molecular complexity index is 1320. The van der Waals surface area contributed by atoms with Gasteiger partial charge in [0.05, 0.1) is 36.3 Å². The Balaban J connectivity index is 1.91. The van der Waals surface area contributed by atoms with Gasteiger partial charge >= 0.3 is 6.09 Å². The second kappa shape index (κ2) is 11.1. The van der Waals surface area contributed by atoms with Crippen molar-refractivity contribution in [3.05, 3.63) is 36.3 Å². The molecule has 1 saturated heterocycles. The lowest BCUT2D eigenvalue weighted by atomic mass is 9.96. The Hall–Kier alpha value is -3.54. The first-order valence-electron chi connectivity index (χ1n) is 12.3. The topological polar surface area (TPSA) is 123 Å². The van der Waals surface area contributed by atoms with Crippen molar-refractivity contribution in [2.75, 3.05) is 46.0 Å². The van der Waals surface area contributed by atoms with Crippen molar-refractivity contribution in [3.63, 3.8) is 0 Å². The molecule has 0 spiro atoms. The molecule has 0 aliphatic carbocycles. The number of amides is 1. The van der Waals surface area contributed by atoms with E-state index < -0.39 is 17.3 Å². The van der Waals surface area contributed by atoms with Crippen LogP contribution in [-0.4, -0.2) is 72.8 Å². The number of aromatic nitrogens is 3. The minimum Gasteiger partial charge on any atom is -0.491 e. The third-order valence-corrected chi connectivity index (χ3v) is 6.06. The van der Waals surface area contributed by atoms with E-state index in [1.807, 2.05) is 6.07 Å². The van der Waals surface area contributed by atoms with E-state index in [1.54, 1.807) is 53.3 Å². The summed E-state index contributed by atoms with van der Waals surface area (Å²) in [6, 6.07) is 5.34. The van der Waals surface area contributed by atoms with Crippen LogP contribution in [0.1, 0.15) is 39.8 Å². The molecule has 1 atom stereocenters. The fourth-order valence-corrected chi connectivity index (χ4v) is 4.26. The summed E-state index contributed by atoms with van der Waals surface area (Å²) in [5.74, 6) is 0.653. The fraction of sp³-hybridized carbons (Fsp3) is 0.481. The number of pyridine rings is 2. The minimum absolute atomic E-state index is 0.262. The Kier molecular flexibility index (Phi) is 8.00. The Labute approximate surface area is 221 Å². The van der Waals surface area contributed by atoms with Gasteiger partial charge in [0, 0.05) is 63.5 Å². The second-order valence-electron chi connectivity index (χ2n) is 10.1. The maximum atomic E-state index is 13.1. The highest BCUT2D eigenvalue weighted by Gasteiger charge is 2.39. The number of hydrogen-bond donors (Lipinski definition) is 1. The number of carbonyl (C=O) groups is 2. The lowest BCUT2D eigenvalue weighted by molar-refractivity contribution is -0.114. The quantitative estimate of drug-likeness (QED) is 0.432. The molecule has 204 valence electrons. The van der Waals surface area contributed by atoms with Gasteiger partial charge < -0.3 is 29.0 Å². The molecule has 1 N–H and O–H groups in total. The van der Waals surface area contributed by atoms with E-state index in [1.165, 1.54) is 17.7 Å².